The average molecular weight is 591 g/mol. The van der Waals surface area contributed by atoms with E-state index < -0.39 is 38.9 Å². The molecule has 2 aromatic rings. The molecule has 40 heavy (non-hydrogen) atoms. The van der Waals surface area contributed by atoms with Crippen molar-refractivity contribution < 1.29 is 27.5 Å². The second kappa shape index (κ2) is 11.3. The predicted octanol–water partition coefficient (Wildman–Crippen LogP) is 5.74. The Morgan fingerprint density at radius 3 is 2.27 bits per heavy atom. The van der Waals surface area contributed by atoms with Crippen LogP contribution in [0.4, 0.5) is 0 Å². The Balaban J connectivity index is 2.33. The molecular weight excluding hydrogens is 548 g/mol. The summed E-state index contributed by atoms with van der Waals surface area (Å²) < 4.78 is 36.8. The summed E-state index contributed by atoms with van der Waals surface area (Å²) in [4.78, 5) is 34.7. The van der Waals surface area contributed by atoms with Gasteiger partial charge in [-0.05, 0) is 67.9 Å². The molecule has 1 aromatic carbocycles. The topological polar surface area (TPSA) is 103 Å². The third-order valence-electron chi connectivity index (χ3n) is 6.52. The van der Waals surface area contributed by atoms with Crippen LogP contribution in [0.5, 0.6) is 5.75 Å². The molecule has 1 aliphatic rings. The molecule has 0 N–H and O–H groups in total. The van der Waals surface area contributed by atoms with Gasteiger partial charge in [-0.2, -0.15) is 0 Å². The van der Waals surface area contributed by atoms with Gasteiger partial charge in [0, 0.05) is 23.4 Å². The zero-order valence-corrected chi connectivity index (χ0v) is 26.8. The highest BCUT2D eigenvalue weighted by Crippen LogP contribution is 2.48. The summed E-state index contributed by atoms with van der Waals surface area (Å²) in [6.07, 6.45) is 4.63. The Kier molecular flexibility index (Phi) is 8.97. The third kappa shape index (κ3) is 6.94. The van der Waals surface area contributed by atoms with E-state index in [1.165, 1.54) is 16.2 Å². The molecule has 0 bridgehead atoms. The van der Waals surface area contributed by atoms with Crippen LogP contribution in [0.25, 0.3) is 0 Å². The molecule has 2 heterocycles. The van der Waals surface area contributed by atoms with Crippen molar-refractivity contribution >= 4 is 33.1 Å². The molecule has 0 spiro atoms. The van der Waals surface area contributed by atoms with E-state index in [9.17, 15) is 18.0 Å². The van der Waals surface area contributed by atoms with Crippen LogP contribution in [0, 0.1) is 5.92 Å². The van der Waals surface area contributed by atoms with E-state index in [2.05, 4.69) is 25.8 Å². The predicted molar refractivity (Wildman–Crippen MR) is 159 cm³/mol. The maximum Gasteiger partial charge on any atom is 0.336 e. The number of rotatable bonds is 8. The number of amides is 1. The van der Waals surface area contributed by atoms with Crippen LogP contribution in [0.1, 0.15) is 88.8 Å². The van der Waals surface area contributed by atoms with Crippen molar-refractivity contribution in [2.45, 2.75) is 84.4 Å². The Bertz CT molecular complexity index is 1380. The van der Waals surface area contributed by atoms with Crippen molar-refractivity contribution in [3.05, 3.63) is 57.6 Å². The molecule has 0 fully saturated rings. The van der Waals surface area contributed by atoms with Crippen molar-refractivity contribution in [2.75, 3.05) is 19.1 Å². The van der Waals surface area contributed by atoms with Crippen LogP contribution >= 0.6 is 11.3 Å². The minimum Gasteiger partial charge on any atom is -0.496 e. The Morgan fingerprint density at radius 2 is 1.80 bits per heavy atom. The number of hydrogen-bond donors (Lipinski definition) is 0. The second-order valence-electron chi connectivity index (χ2n) is 12.9. The standard InChI is InChI=1S/C30H42N2O6S2/c1-19(2)16-30(27(34)38-29(6,7)8)17-21(18-40(10,35)36)24(25-31-13-14-39-25)32(30)26(33)20-11-12-22(28(3,4)5)23(15-20)37-9/h11-15,17,19,24H,16,18H2,1-10H3/t24-,30+/m1/s1. The molecule has 0 aliphatic carbocycles. The van der Waals surface area contributed by atoms with Gasteiger partial charge in [0.1, 0.15) is 22.4 Å². The maximum atomic E-state index is 14.6. The fraction of sp³-hybridized carbons (Fsp3) is 0.567. The summed E-state index contributed by atoms with van der Waals surface area (Å²) in [5.41, 5.74) is -0.942. The summed E-state index contributed by atoms with van der Waals surface area (Å²) in [6.45, 7) is 15.4. The highest BCUT2D eigenvalue weighted by atomic mass is 32.2. The number of thiazole rings is 1. The maximum absolute atomic E-state index is 14.6. The molecule has 1 amide bonds. The van der Waals surface area contributed by atoms with Gasteiger partial charge >= 0.3 is 5.97 Å². The van der Waals surface area contributed by atoms with E-state index in [1.807, 2.05) is 19.9 Å². The molecule has 3 rings (SSSR count). The average Bonchev–Trinajstić information content (AvgIpc) is 3.41. The van der Waals surface area contributed by atoms with E-state index >= 15 is 0 Å². The zero-order valence-electron chi connectivity index (χ0n) is 25.2. The van der Waals surface area contributed by atoms with Crippen LogP contribution in [0.15, 0.2) is 41.4 Å². The van der Waals surface area contributed by atoms with Gasteiger partial charge in [-0.15, -0.1) is 11.3 Å². The normalized spacial score (nSPS) is 20.0. The highest BCUT2D eigenvalue weighted by molar-refractivity contribution is 7.90. The molecule has 0 radical (unpaired) electrons. The van der Waals surface area contributed by atoms with Crippen molar-refractivity contribution in [1.29, 1.82) is 0 Å². The number of esters is 1. The zero-order chi connectivity index (χ0) is 30.3. The van der Waals surface area contributed by atoms with Gasteiger partial charge in [0.2, 0.25) is 0 Å². The Morgan fingerprint density at radius 1 is 1.15 bits per heavy atom. The van der Waals surface area contributed by atoms with Crippen molar-refractivity contribution in [3.8, 4) is 5.75 Å². The number of ether oxygens (including phenoxy) is 2. The summed E-state index contributed by atoms with van der Waals surface area (Å²) in [5.74, 6) is -0.850. The van der Waals surface area contributed by atoms with Crippen molar-refractivity contribution in [1.82, 2.24) is 9.88 Å². The number of methoxy groups -OCH3 is 1. The van der Waals surface area contributed by atoms with Crippen LogP contribution in [0.2, 0.25) is 0 Å². The van der Waals surface area contributed by atoms with Gasteiger partial charge in [-0.3, -0.25) is 4.79 Å². The summed E-state index contributed by atoms with van der Waals surface area (Å²) in [5, 5.41) is 2.29. The molecule has 1 aliphatic heterocycles. The first kappa shape index (κ1) is 31.8. The number of hydrogen-bond acceptors (Lipinski definition) is 8. The molecule has 10 heteroatoms. The molecule has 0 saturated heterocycles. The van der Waals surface area contributed by atoms with Gasteiger partial charge < -0.3 is 14.4 Å². The molecule has 0 unspecified atom stereocenters. The van der Waals surface area contributed by atoms with Crippen LogP contribution in [0.3, 0.4) is 0 Å². The summed E-state index contributed by atoms with van der Waals surface area (Å²) in [6, 6.07) is 4.42. The van der Waals surface area contributed by atoms with Crippen LogP contribution < -0.4 is 4.74 Å². The molecule has 8 nitrogen and oxygen atoms in total. The molecule has 0 saturated carbocycles. The van der Waals surface area contributed by atoms with Gasteiger partial charge in [-0.25, -0.2) is 18.2 Å². The third-order valence-corrected chi connectivity index (χ3v) is 8.21. The lowest BCUT2D eigenvalue weighted by molar-refractivity contribution is -0.166. The van der Waals surface area contributed by atoms with E-state index in [0.717, 1.165) is 11.8 Å². The van der Waals surface area contributed by atoms with Crippen LogP contribution in [-0.2, 0) is 24.8 Å². The number of sulfone groups is 1. The molecular formula is C30H42N2O6S2. The van der Waals surface area contributed by atoms with Crippen LogP contribution in [-0.4, -0.2) is 60.4 Å². The lowest BCUT2D eigenvalue weighted by atomic mass is 9.85. The second-order valence-corrected chi connectivity index (χ2v) is 16.0. The van der Waals surface area contributed by atoms with E-state index in [4.69, 9.17) is 9.47 Å². The lowest BCUT2D eigenvalue weighted by Crippen LogP contribution is -2.56. The van der Waals surface area contributed by atoms with E-state index in [-0.39, 0.29) is 23.5 Å². The monoisotopic (exact) mass is 590 g/mol. The van der Waals surface area contributed by atoms with Crippen molar-refractivity contribution in [2.24, 2.45) is 5.92 Å². The highest BCUT2D eigenvalue weighted by Gasteiger charge is 2.57. The first-order chi connectivity index (χ1) is 18.3. The van der Waals surface area contributed by atoms with Crippen molar-refractivity contribution in [3.63, 3.8) is 0 Å². The summed E-state index contributed by atoms with van der Waals surface area (Å²) >= 11 is 1.31. The first-order valence-corrected chi connectivity index (χ1v) is 16.3. The van der Waals surface area contributed by atoms with Gasteiger partial charge in [0.05, 0.1) is 12.9 Å². The molecule has 2 atom stereocenters. The Labute approximate surface area is 242 Å². The fourth-order valence-electron chi connectivity index (χ4n) is 5.18. The minimum absolute atomic E-state index is 0.0357. The smallest absolute Gasteiger partial charge is 0.336 e. The summed E-state index contributed by atoms with van der Waals surface area (Å²) in [7, 11) is -1.96. The first-order valence-electron chi connectivity index (χ1n) is 13.3. The lowest BCUT2D eigenvalue weighted by Gasteiger charge is -2.41. The van der Waals surface area contributed by atoms with E-state index in [0.29, 0.717) is 21.9 Å². The number of carbonyl (C=O) groups excluding carboxylic acids is 2. The van der Waals surface area contributed by atoms with E-state index in [1.54, 1.807) is 57.7 Å². The SMILES string of the molecule is COc1cc(C(=O)N2[C@@H](c3nccs3)C(CS(C)(=O)=O)=C[C@@]2(CC(C)C)C(=O)OC(C)(C)C)ccc1C(C)(C)C. The number of benzene rings is 1. The molecule has 220 valence electrons. The Hall–Kier alpha value is -2.72. The largest absolute Gasteiger partial charge is 0.496 e. The number of nitrogens with zero attached hydrogens (tertiary/aromatic N) is 2. The van der Waals surface area contributed by atoms with Gasteiger partial charge in [0.25, 0.3) is 5.91 Å². The minimum atomic E-state index is -3.52. The quantitative estimate of drug-likeness (QED) is 0.285. The molecule has 1 aromatic heterocycles. The fourth-order valence-corrected chi connectivity index (χ4v) is 6.80. The number of aromatic nitrogens is 1. The number of carbonyl (C=O) groups is 2. The van der Waals surface area contributed by atoms with Gasteiger partial charge in [0.15, 0.2) is 15.4 Å². The van der Waals surface area contributed by atoms with Gasteiger partial charge in [-0.1, -0.05) is 40.7 Å².